The summed E-state index contributed by atoms with van der Waals surface area (Å²) in [6.45, 7) is 1.61. The molecule has 1 atom stereocenters. The van der Waals surface area contributed by atoms with Crippen molar-refractivity contribution in [1.82, 2.24) is 5.32 Å². The van der Waals surface area contributed by atoms with E-state index in [1.54, 1.807) is 30.3 Å². The summed E-state index contributed by atoms with van der Waals surface area (Å²) in [6, 6.07) is 17.9. The highest BCUT2D eigenvalue weighted by molar-refractivity contribution is 7.92. The lowest BCUT2D eigenvalue weighted by molar-refractivity contribution is -0.120. The Labute approximate surface area is 137 Å². The zero-order valence-corrected chi connectivity index (χ0v) is 14.0. The Morgan fingerprint density at radius 1 is 1.04 bits per heavy atom. The van der Waals surface area contributed by atoms with Gasteiger partial charge in [0.15, 0.2) is 0 Å². The van der Waals surface area contributed by atoms with Gasteiger partial charge in [0.05, 0.1) is 18.0 Å². The second-order valence-corrected chi connectivity index (χ2v) is 7.21. The summed E-state index contributed by atoms with van der Waals surface area (Å²) < 4.78 is 25.0. The molecule has 0 aliphatic carbocycles. The molecule has 0 saturated carbocycles. The highest BCUT2D eigenvalue weighted by atomic mass is 32.2. The first kappa shape index (κ1) is 17.0. The van der Waals surface area contributed by atoms with E-state index >= 15 is 0 Å². The summed E-state index contributed by atoms with van der Waals surface area (Å²) in [5, 5.41) is 2.82. The van der Waals surface area contributed by atoms with Gasteiger partial charge >= 0.3 is 0 Å². The summed E-state index contributed by atoms with van der Waals surface area (Å²) in [5.74, 6) is -0.351. The summed E-state index contributed by atoms with van der Waals surface area (Å²) in [6.07, 6.45) is 1.09. The van der Waals surface area contributed by atoms with E-state index in [-0.39, 0.29) is 18.5 Å². The van der Waals surface area contributed by atoms with Crippen molar-refractivity contribution in [3.63, 3.8) is 0 Å². The fourth-order valence-electron chi connectivity index (χ4n) is 2.24. The van der Waals surface area contributed by atoms with E-state index in [1.807, 2.05) is 37.3 Å². The molecule has 2 rings (SSSR count). The van der Waals surface area contributed by atoms with Crippen LogP contribution >= 0.6 is 0 Å². The minimum Gasteiger partial charge on any atom is -0.348 e. The molecular formula is C17H20N2O3S. The molecule has 0 spiro atoms. The van der Waals surface area contributed by atoms with E-state index < -0.39 is 10.0 Å². The van der Waals surface area contributed by atoms with Gasteiger partial charge in [0, 0.05) is 0 Å². The maximum absolute atomic E-state index is 12.2. The maximum Gasteiger partial charge on any atom is 0.241 e. The van der Waals surface area contributed by atoms with Crippen molar-refractivity contribution in [2.75, 3.05) is 17.1 Å². The Balaban J connectivity index is 2.10. The van der Waals surface area contributed by atoms with Gasteiger partial charge in [-0.1, -0.05) is 48.5 Å². The third-order valence-corrected chi connectivity index (χ3v) is 4.55. The van der Waals surface area contributed by atoms with Gasteiger partial charge in [-0.25, -0.2) is 8.42 Å². The van der Waals surface area contributed by atoms with Crippen LogP contribution in [0.25, 0.3) is 0 Å². The standard InChI is InChI=1S/C17H20N2O3S/c1-14(15-9-5-3-6-10-15)18-17(20)13-19(23(2,21)22)16-11-7-4-8-12-16/h3-12,14H,13H2,1-2H3,(H,18,20)/t14-/m0/s1. The molecule has 0 aromatic heterocycles. The number of nitrogens with zero attached hydrogens (tertiary/aromatic N) is 1. The molecule has 5 nitrogen and oxygen atoms in total. The fraction of sp³-hybridized carbons (Fsp3) is 0.235. The first-order valence-electron chi connectivity index (χ1n) is 7.25. The zero-order valence-electron chi connectivity index (χ0n) is 13.1. The third-order valence-electron chi connectivity index (χ3n) is 3.41. The predicted molar refractivity (Wildman–Crippen MR) is 91.6 cm³/mol. The van der Waals surface area contributed by atoms with Crippen LogP contribution in [0.3, 0.4) is 0 Å². The molecule has 0 aliphatic heterocycles. The SMILES string of the molecule is C[C@H](NC(=O)CN(c1ccccc1)S(C)(=O)=O)c1ccccc1. The quantitative estimate of drug-likeness (QED) is 0.883. The number of hydrogen-bond acceptors (Lipinski definition) is 3. The first-order valence-corrected chi connectivity index (χ1v) is 9.10. The molecule has 1 N–H and O–H groups in total. The second-order valence-electron chi connectivity index (χ2n) is 5.31. The fourth-order valence-corrected chi connectivity index (χ4v) is 3.09. The van der Waals surface area contributed by atoms with Crippen molar-refractivity contribution in [3.8, 4) is 0 Å². The lowest BCUT2D eigenvalue weighted by Crippen LogP contribution is -2.41. The third kappa shape index (κ3) is 4.82. The van der Waals surface area contributed by atoms with Crippen LogP contribution in [-0.4, -0.2) is 27.1 Å². The first-order chi connectivity index (χ1) is 10.9. The monoisotopic (exact) mass is 332 g/mol. The molecule has 0 unspecified atom stereocenters. The molecule has 0 saturated heterocycles. The molecule has 2 aromatic carbocycles. The average molecular weight is 332 g/mol. The Bertz CT molecular complexity index is 746. The van der Waals surface area contributed by atoms with E-state index in [9.17, 15) is 13.2 Å². The minimum absolute atomic E-state index is 0.194. The van der Waals surface area contributed by atoms with Gasteiger partial charge in [0.25, 0.3) is 0 Å². The molecule has 6 heteroatoms. The van der Waals surface area contributed by atoms with Crippen LogP contribution in [0.15, 0.2) is 60.7 Å². The van der Waals surface area contributed by atoms with Gasteiger partial charge in [-0.05, 0) is 24.6 Å². The summed E-state index contributed by atoms with van der Waals surface area (Å²) in [5.41, 5.74) is 1.43. The maximum atomic E-state index is 12.2. The van der Waals surface area contributed by atoms with Crippen molar-refractivity contribution in [3.05, 3.63) is 66.2 Å². The summed E-state index contributed by atoms with van der Waals surface area (Å²) in [4.78, 5) is 12.2. The van der Waals surface area contributed by atoms with Crippen LogP contribution in [0, 0.1) is 0 Å². The van der Waals surface area contributed by atoms with Crippen LogP contribution in [0.2, 0.25) is 0 Å². The Kier molecular flexibility index (Phi) is 5.39. The highest BCUT2D eigenvalue weighted by Crippen LogP contribution is 2.17. The van der Waals surface area contributed by atoms with Crippen molar-refractivity contribution in [1.29, 1.82) is 0 Å². The number of sulfonamides is 1. The number of carbonyl (C=O) groups is 1. The van der Waals surface area contributed by atoms with E-state index in [0.29, 0.717) is 5.69 Å². The van der Waals surface area contributed by atoms with Crippen molar-refractivity contribution >= 4 is 21.6 Å². The molecule has 0 heterocycles. The number of nitrogens with one attached hydrogen (secondary N) is 1. The van der Waals surface area contributed by atoms with E-state index in [2.05, 4.69) is 5.32 Å². The largest absolute Gasteiger partial charge is 0.348 e. The second kappa shape index (κ2) is 7.28. The number of carbonyl (C=O) groups excluding carboxylic acids is 1. The van der Waals surface area contributed by atoms with E-state index in [0.717, 1.165) is 16.1 Å². The number of amides is 1. The number of para-hydroxylation sites is 1. The number of anilines is 1. The number of benzene rings is 2. The number of rotatable bonds is 6. The Hall–Kier alpha value is -2.34. The van der Waals surface area contributed by atoms with Crippen molar-refractivity contribution < 1.29 is 13.2 Å². The topological polar surface area (TPSA) is 66.5 Å². The molecular weight excluding hydrogens is 312 g/mol. The lowest BCUT2D eigenvalue weighted by atomic mass is 10.1. The molecule has 0 fully saturated rings. The molecule has 0 aliphatic rings. The van der Waals surface area contributed by atoms with E-state index in [4.69, 9.17) is 0 Å². The zero-order chi connectivity index (χ0) is 16.9. The Morgan fingerprint density at radius 3 is 2.09 bits per heavy atom. The van der Waals surface area contributed by atoms with Crippen LogP contribution in [0.1, 0.15) is 18.5 Å². The van der Waals surface area contributed by atoms with Crippen LogP contribution in [0.4, 0.5) is 5.69 Å². The smallest absolute Gasteiger partial charge is 0.241 e. The summed E-state index contributed by atoms with van der Waals surface area (Å²) in [7, 11) is -3.54. The van der Waals surface area contributed by atoms with Crippen LogP contribution < -0.4 is 9.62 Å². The predicted octanol–water partition coefficient (Wildman–Crippen LogP) is 2.33. The van der Waals surface area contributed by atoms with Crippen LogP contribution in [-0.2, 0) is 14.8 Å². The molecule has 122 valence electrons. The molecule has 0 bridgehead atoms. The molecule has 1 amide bonds. The van der Waals surface area contributed by atoms with Gasteiger partial charge in [-0.15, -0.1) is 0 Å². The van der Waals surface area contributed by atoms with E-state index in [1.165, 1.54) is 0 Å². The van der Waals surface area contributed by atoms with Crippen molar-refractivity contribution in [2.24, 2.45) is 0 Å². The molecule has 0 radical (unpaired) electrons. The van der Waals surface area contributed by atoms with Gasteiger partial charge in [0.1, 0.15) is 6.54 Å². The average Bonchev–Trinajstić information content (AvgIpc) is 2.53. The highest BCUT2D eigenvalue weighted by Gasteiger charge is 2.21. The normalized spacial score (nSPS) is 12.4. The number of hydrogen-bond donors (Lipinski definition) is 1. The minimum atomic E-state index is -3.54. The Morgan fingerprint density at radius 2 is 1.57 bits per heavy atom. The van der Waals surface area contributed by atoms with Crippen LogP contribution in [0.5, 0.6) is 0 Å². The van der Waals surface area contributed by atoms with Gasteiger partial charge in [-0.3, -0.25) is 9.10 Å². The van der Waals surface area contributed by atoms with Gasteiger partial charge in [0.2, 0.25) is 15.9 Å². The van der Waals surface area contributed by atoms with Gasteiger partial charge in [-0.2, -0.15) is 0 Å². The van der Waals surface area contributed by atoms with Crippen molar-refractivity contribution in [2.45, 2.75) is 13.0 Å². The van der Waals surface area contributed by atoms with Gasteiger partial charge < -0.3 is 5.32 Å². The summed E-state index contributed by atoms with van der Waals surface area (Å²) >= 11 is 0. The molecule has 2 aromatic rings. The lowest BCUT2D eigenvalue weighted by Gasteiger charge is -2.23. The molecule has 23 heavy (non-hydrogen) atoms.